The van der Waals surface area contributed by atoms with Gasteiger partial charge in [-0.15, -0.1) is 0 Å². The Kier molecular flexibility index (Phi) is 22.7. The zero-order valence-electron chi connectivity index (χ0n) is 27.8. The van der Waals surface area contributed by atoms with Crippen LogP contribution in [-0.4, -0.2) is 0 Å². The van der Waals surface area contributed by atoms with Crippen LogP contribution in [0, 0.1) is 23.7 Å². The molecule has 2 aromatic rings. The maximum Gasteiger partial charge on any atom is 0.0324 e. The summed E-state index contributed by atoms with van der Waals surface area (Å²) >= 11 is 0. The third-order valence-electron chi connectivity index (χ3n) is 8.68. The summed E-state index contributed by atoms with van der Waals surface area (Å²) in [6.45, 7) is 4.59. The second kappa shape index (κ2) is 26.4. The van der Waals surface area contributed by atoms with Gasteiger partial charge in [-0.25, -0.2) is 0 Å². The summed E-state index contributed by atoms with van der Waals surface area (Å²) in [5.41, 5.74) is 2.30. The van der Waals surface area contributed by atoms with E-state index in [-0.39, 0.29) is 0 Å². The zero-order chi connectivity index (χ0) is 29.8. The van der Waals surface area contributed by atoms with Crippen molar-refractivity contribution < 1.29 is 0 Å². The molecule has 0 fully saturated rings. The molecule has 42 heavy (non-hydrogen) atoms. The van der Waals surface area contributed by atoms with Crippen LogP contribution < -0.4 is 0 Å². The van der Waals surface area contributed by atoms with E-state index in [2.05, 4.69) is 73.9 Å². The Balaban J connectivity index is 1.60. The first-order chi connectivity index (χ1) is 20.9. The molecule has 0 spiro atoms. The molecule has 232 valence electrons. The predicted octanol–water partition coefficient (Wildman–Crippen LogP) is 13.7. The SMILES string of the molecule is CCCCCCCCCCCCCCC#Cc1ccc(C#CCCCCCCCCCCCCCC)c2ccccc12. The number of rotatable bonds is 24. The van der Waals surface area contributed by atoms with E-state index in [0.29, 0.717) is 0 Å². The van der Waals surface area contributed by atoms with Crippen molar-refractivity contribution in [3.05, 3.63) is 47.5 Å². The highest BCUT2D eigenvalue weighted by atomic mass is 14.1. The van der Waals surface area contributed by atoms with Crippen molar-refractivity contribution in [3.8, 4) is 23.7 Å². The Morgan fingerprint density at radius 2 is 0.643 bits per heavy atom. The lowest BCUT2D eigenvalue weighted by molar-refractivity contribution is 0.545. The van der Waals surface area contributed by atoms with Gasteiger partial charge in [0.2, 0.25) is 0 Å². The van der Waals surface area contributed by atoms with E-state index < -0.39 is 0 Å². The lowest BCUT2D eigenvalue weighted by Crippen LogP contribution is -1.85. The largest absolute Gasteiger partial charge is 0.0979 e. The van der Waals surface area contributed by atoms with Crippen LogP contribution in [0.2, 0.25) is 0 Å². The fraction of sp³-hybridized carbons (Fsp3) is 0.667. The zero-order valence-corrected chi connectivity index (χ0v) is 27.8. The maximum absolute atomic E-state index is 3.48. The van der Waals surface area contributed by atoms with Crippen molar-refractivity contribution in [1.82, 2.24) is 0 Å². The Morgan fingerprint density at radius 3 is 0.952 bits per heavy atom. The minimum absolute atomic E-state index is 1.01. The van der Waals surface area contributed by atoms with Gasteiger partial charge in [-0.2, -0.15) is 0 Å². The van der Waals surface area contributed by atoms with Crippen LogP contribution >= 0.6 is 0 Å². The van der Waals surface area contributed by atoms with Gasteiger partial charge in [0.05, 0.1) is 0 Å². The van der Waals surface area contributed by atoms with Crippen molar-refractivity contribution >= 4 is 10.8 Å². The average molecular weight is 569 g/mol. The summed E-state index contributed by atoms with van der Waals surface area (Å²) in [6, 6.07) is 13.0. The van der Waals surface area contributed by atoms with Gasteiger partial charge in [0.15, 0.2) is 0 Å². The Labute approximate surface area is 262 Å². The molecule has 0 aliphatic heterocycles. The van der Waals surface area contributed by atoms with E-state index >= 15 is 0 Å². The molecule has 2 aromatic carbocycles. The third kappa shape index (κ3) is 17.7. The monoisotopic (exact) mass is 569 g/mol. The maximum atomic E-state index is 3.48. The summed E-state index contributed by atoms with van der Waals surface area (Å²) in [5.74, 6) is 13.9. The van der Waals surface area contributed by atoms with Gasteiger partial charge in [0, 0.05) is 24.0 Å². The van der Waals surface area contributed by atoms with Gasteiger partial charge in [-0.05, 0) is 35.7 Å². The normalized spacial score (nSPS) is 10.8. The molecule has 0 heteroatoms. The number of unbranched alkanes of at least 4 members (excludes halogenated alkanes) is 24. The Morgan fingerprint density at radius 1 is 0.357 bits per heavy atom. The van der Waals surface area contributed by atoms with Gasteiger partial charge in [-0.1, -0.05) is 203 Å². The highest BCUT2D eigenvalue weighted by Gasteiger charge is 2.02. The lowest BCUT2D eigenvalue weighted by atomic mass is 9.99. The minimum Gasteiger partial charge on any atom is -0.0979 e. The molecule has 0 saturated heterocycles. The van der Waals surface area contributed by atoms with E-state index in [1.807, 2.05) is 0 Å². The first-order valence-corrected chi connectivity index (χ1v) is 18.4. The van der Waals surface area contributed by atoms with Crippen molar-refractivity contribution in [2.45, 2.75) is 181 Å². The highest BCUT2D eigenvalue weighted by Crippen LogP contribution is 2.22. The van der Waals surface area contributed by atoms with E-state index in [1.54, 1.807) is 0 Å². The molecule has 0 N–H and O–H groups in total. The summed E-state index contributed by atoms with van der Waals surface area (Å²) in [4.78, 5) is 0. The van der Waals surface area contributed by atoms with Gasteiger partial charge in [0.25, 0.3) is 0 Å². The molecular formula is C42H64. The number of benzene rings is 2. The molecular weight excluding hydrogens is 504 g/mol. The van der Waals surface area contributed by atoms with Crippen molar-refractivity contribution in [2.24, 2.45) is 0 Å². The van der Waals surface area contributed by atoms with Crippen molar-refractivity contribution in [3.63, 3.8) is 0 Å². The van der Waals surface area contributed by atoms with E-state index in [9.17, 15) is 0 Å². The van der Waals surface area contributed by atoms with Crippen LogP contribution in [0.4, 0.5) is 0 Å². The van der Waals surface area contributed by atoms with Crippen LogP contribution in [0.5, 0.6) is 0 Å². The second-order valence-electron chi connectivity index (χ2n) is 12.6. The number of hydrogen-bond donors (Lipinski definition) is 0. The standard InChI is InChI=1S/C42H64/c1-3-5-7-9-11-13-15-17-19-21-23-25-27-29-33-39-37-38-40(42-36-32-31-35-41(39)42)34-30-28-26-24-22-20-18-16-14-12-10-8-6-4-2/h31-32,35-38H,3-28H2,1-2H3. The van der Waals surface area contributed by atoms with Crippen LogP contribution in [0.3, 0.4) is 0 Å². The van der Waals surface area contributed by atoms with Gasteiger partial charge in [-0.3, -0.25) is 0 Å². The van der Waals surface area contributed by atoms with Crippen molar-refractivity contribution in [2.75, 3.05) is 0 Å². The van der Waals surface area contributed by atoms with Gasteiger partial charge < -0.3 is 0 Å². The molecule has 0 aliphatic rings. The molecule has 0 radical (unpaired) electrons. The molecule has 0 nitrogen and oxygen atoms in total. The number of hydrogen-bond acceptors (Lipinski definition) is 0. The summed E-state index contributed by atoms with van der Waals surface area (Å²) in [7, 11) is 0. The minimum atomic E-state index is 1.01. The van der Waals surface area contributed by atoms with Crippen LogP contribution in [0.1, 0.15) is 192 Å². The molecule has 0 aliphatic carbocycles. The average Bonchev–Trinajstić information content (AvgIpc) is 3.02. The molecule has 0 amide bonds. The third-order valence-corrected chi connectivity index (χ3v) is 8.68. The fourth-order valence-electron chi connectivity index (χ4n) is 5.94. The van der Waals surface area contributed by atoms with E-state index in [1.165, 1.54) is 165 Å². The van der Waals surface area contributed by atoms with Gasteiger partial charge >= 0.3 is 0 Å². The molecule has 0 aromatic heterocycles. The summed E-state index contributed by atoms with van der Waals surface area (Å²) < 4.78 is 0. The number of fused-ring (bicyclic) bond motifs is 1. The summed E-state index contributed by atoms with van der Waals surface area (Å²) in [6.07, 6.45) is 35.4. The van der Waals surface area contributed by atoms with E-state index in [0.717, 1.165) is 24.0 Å². The fourth-order valence-corrected chi connectivity index (χ4v) is 5.94. The van der Waals surface area contributed by atoms with Crippen LogP contribution in [0.25, 0.3) is 10.8 Å². The quantitative estimate of drug-likeness (QED) is 0.0872. The Hall–Kier alpha value is -2.18. The molecule has 0 heterocycles. The van der Waals surface area contributed by atoms with Crippen LogP contribution in [-0.2, 0) is 0 Å². The summed E-state index contributed by atoms with van der Waals surface area (Å²) in [5, 5.41) is 2.49. The van der Waals surface area contributed by atoms with Gasteiger partial charge in [0.1, 0.15) is 0 Å². The predicted molar refractivity (Wildman–Crippen MR) is 189 cm³/mol. The lowest BCUT2D eigenvalue weighted by Gasteiger charge is -2.04. The van der Waals surface area contributed by atoms with Crippen molar-refractivity contribution in [1.29, 1.82) is 0 Å². The molecule has 2 rings (SSSR count). The topological polar surface area (TPSA) is 0 Å². The molecule has 0 saturated carbocycles. The Bertz CT molecular complexity index is 952. The smallest absolute Gasteiger partial charge is 0.0324 e. The molecule has 0 atom stereocenters. The van der Waals surface area contributed by atoms with Crippen LogP contribution in [0.15, 0.2) is 36.4 Å². The molecule has 0 unspecified atom stereocenters. The first kappa shape index (κ1) is 36.0. The molecule has 0 bridgehead atoms. The first-order valence-electron chi connectivity index (χ1n) is 18.4. The second-order valence-corrected chi connectivity index (χ2v) is 12.6. The highest BCUT2D eigenvalue weighted by molar-refractivity contribution is 5.92. The van der Waals surface area contributed by atoms with E-state index in [4.69, 9.17) is 0 Å².